The largest absolute Gasteiger partial charge is 0.324 e. The molecule has 0 saturated carbocycles. The molecule has 0 unspecified atom stereocenters. The van der Waals surface area contributed by atoms with Crippen LogP contribution in [-0.2, 0) is 6.54 Å². The highest BCUT2D eigenvalue weighted by Crippen LogP contribution is 2.22. The summed E-state index contributed by atoms with van der Waals surface area (Å²) in [5, 5.41) is 15.2. The molecule has 0 aliphatic rings. The normalized spacial score (nSPS) is 9.46. The van der Waals surface area contributed by atoms with Crippen molar-refractivity contribution in [2.75, 3.05) is 6.54 Å². The third kappa shape index (κ3) is 2.86. The van der Waals surface area contributed by atoms with E-state index in [1.54, 1.807) is 11.4 Å². The molecular weight excluding hydrogens is 188 g/mol. The van der Waals surface area contributed by atoms with Crippen LogP contribution in [0.25, 0.3) is 0 Å². The van der Waals surface area contributed by atoms with Crippen LogP contribution in [0.2, 0.25) is 0 Å². The van der Waals surface area contributed by atoms with E-state index in [2.05, 4.69) is 11.2 Å². The Morgan fingerprint density at radius 3 is 3.08 bits per heavy atom. The zero-order valence-electron chi connectivity index (χ0n) is 6.82. The summed E-state index contributed by atoms with van der Waals surface area (Å²) in [4.78, 5) is 9.91. The van der Waals surface area contributed by atoms with Gasteiger partial charge in [0, 0.05) is 18.0 Å². The number of nitro groups is 1. The second kappa shape index (κ2) is 4.60. The third-order valence-corrected chi connectivity index (χ3v) is 2.31. The first kappa shape index (κ1) is 9.71. The van der Waals surface area contributed by atoms with Crippen LogP contribution in [0.1, 0.15) is 5.56 Å². The van der Waals surface area contributed by atoms with Crippen molar-refractivity contribution < 1.29 is 4.92 Å². The molecule has 1 N–H and O–H groups in total. The summed E-state index contributed by atoms with van der Waals surface area (Å²) in [7, 11) is 0. The van der Waals surface area contributed by atoms with E-state index in [0.717, 1.165) is 16.9 Å². The summed E-state index contributed by atoms with van der Waals surface area (Å²) in [5.74, 6) is 2.43. The summed E-state index contributed by atoms with van der Waals surface area (Å²) in [6.07, 6.45) is 5.03. The minimum atomic E-state index is -0.394. The molecular formula is C8H8N2O2S. The minimum Gasteiger partial charge on any atom is -0.302 e. The van der Waals surface area contributed by atoms with E-state index in [1.807, 2.05) is 0 Å². The maximum absolute atomic E-state index is 10.3. The lowest BCUT2D eigenvalue weighted by Crippen LogP contribution is -2.12. The van der Waals surface area contributed by atoms with Gasteiger partial charge in [0.1, 0.15) is 0 Å². The van der Waals surface area contributed by atoms with Gasteiger partial charge in [-0.2, -0.15) is 0 Å². The predicted molar refractivity (Wildman–Crippen MR) is 51.5 cm³/mol. The van der Waals surface area contributed by atoms with Gasteiger partial charge in [-0.25, -0.2) is 0 Å². The molecule has 0 spiro atoms. The van der Waals surface area contributed by atoms with E-state index in [-0.39, 0.29) is 5.00 Å². The number of rotatable bonds is 4. The molecule has 68 valence electrons. The molecule has 13 heavy (non-hydrogen) atoms. The molecule has 1 rings (SSSR count). The van der Waals surface area contributed by atoms with Crippen LogP contribution in [-0.4, -0.2) is 11.5 Å². The Morgan fingerprint density at radius 2 is 2.54 bits per heavy atom. The molecule has 5 heteroatoms. The third-order valence-electron chi connectivity index (χ3n) is 1.38. The van der Waals surface area contributed by atoms with Crippen LogP contribution in [0.5, 0.6) is 0 Å². The molecule has 0 aliphatic carbocycles. The van der Waals surface area contributed by atoms with Crippen molar-refractivity contribution in [3.05, 3.63) is 27.1 Å². The first-order chi connectivity index (χ1) is 6.24. The van der Waals surface area contributed by atoms with Crippen LogP contribution in [0.15, 0.2) is 11.4 Å². The fourth-order valence-corrected chi connectivity index (χ4v) is 1.56. The van der Waals surface area contributed by atoms with Crippen LogP contribution in [0.4, 0.5) is 5.00 Å². The Kier molecular flexibility index (Phi) is 3.43. The molecule has 0 aromatic carbocycles. The van der Waals surface area contributed by atoms with Gasteiger partial charge in [0.25, 0.3) is 0 Å². The molecule has 1 heterocycles. The molecule has 4 nitrogen and oxygen atoms in total. The number of terminal acetylenes is 1. The van der Waals surface area contributed by atoms with Crippen molar-refractivity contribution >= 4 is 16.3 Å². The van der Waals surface area contributed by atoms with Crippen molar-refractivity contribution in [3.63, 3.8) is 0 Å². The fourth-order valence-electron chi connectivity index (χ4n) is 0.830. The maximum Gasteiger partial charge on any atom is 0.324 e. The lowest BCUT2D eigenvalue weighted by Gasteiger charge is -1.94. The van der Waals surface area contributed by atoms with Gasteiger partial charge < -0.3 is 5.32 Å². The molecule has 0 saturated heterocycles. The van der Waals surface area contributed by atoms with Crippen molar-refractivity contribution in [1.82, 2.24) is 5.32 Å². The lowest BCUT2D eigenvalue weighted by atomic mass is 10.3. The summed E-state index contributed by atoms with van der Waals surface area (Å²) < 4.78 is 0. The molecule has 0 atom stereocenters. The zero-order valence-corrected chi connectivity index (χ0v) is 7.63. The van der Waals surface area contributed by atoms with Crippen molar-refractivity contribution in [2.45, 2.75) is 6.54 Å². The number of hydrogen-bond donors (Lipinski definition) is 1. The molecule has 0 bridgehead atoms. The van der Waals surface area contributed by atoms with Crippen LogP contribution >= 0.6 is 11.3 Å². The van der Waals surface area contributed by atoms with Gasteiger partial charge in [-0.3, -0.25) is 10.1 Å². The summed E-state index contributed by atoms with van der Waals surface area (Å²) in [6, 6.07) is 1.55. The average Bonchev–Trinajstić information content (AvgIpc) is 2.53. The van der Waals surface area contributed by atoms with Gasteiger partial charge in [0.2, 0.25) is 0 Å². The van der Waals surface area contributed by atoms with Gasteiger partial charge in [0.15, 0.2) is 0 Å². The standard InChI is InChI=1S/C8H8N2O2S/c1-2-3-9-5-7-4-8(10(11)12)13-6-7/h1,4,6,9H,3,5H2. The van der Waals surface area contributed by atoms with Crippen LogP contribution in [0, 0.1) is 22.5 Å². The smallest absolute Gasteiger partial charge is 0.302 e. The van der Waals surface area contributed by atoms with Crippen molar-refractivity contribution in [1.29, 1.82) is 0 Å². The second-order valence-corrected chi connectivity index (χ2v) is 3.25. The topological polar surface area (TPSA) is 55.2 Å². The van der Waals surface area contributed by atoms with Crippen molar-refractivity contribution in [3.8, 4) is 12.3 Å². The summed E-state index contributed by atoms with van der Waals surface area (Å²) in [6.45, 7) is 1.05. The van der Waals surface area contributed by atoms with E-state index < -0.39 is 4.92 Å². The van der Waals surface area contributed by atoms with Gasteiger partial charge in [-0.05, 0) is 5.56 Å². The summed E-state index contributed by atoms with van der Waals surface area (Å²) in [5.41, 5.74) is 0.895. The maximum atomic E-state index is 10.3. The van der Waals surface area contributed by atoms with E-state index >= 15 is 0 Å². The molecule has 1 aromatic heterocycles. The Bertz CT molecular complexity index is 340. The molecule has 1 aromatic rings. The molecule has 0 radical (unpaired) electrons. The molecule has 0 fully saturated rings. The Morgan fingerprint density at radius 1 is 1.77 bits per heavy atom. The van der Waals surface area contributed by atoms with Gasteiger partial charge >= 0.3 is 5.00 Å². The monoisotopic (exact) mass is 196 g/mol. The number of thiophene rings is 1. The van der Waals surface area contributed by atoms with Crippen molar-refractivity contribution in [2.24, 2.45) is 0 Å². The van der Waals surface area contributed by atoms with E-state index in [9.17, 15) is 10.1 Å². The first-order valence-electron chi connectivity index (χ1n) is 3.60. The Labute approximate surface area is 79.7 Å². The van der Waals surface area contributed by atoms with E-state index in [0.29, 0.717) is 13.1 Å². The molecule has 0 amide bonds. The molecule has 0 aliphatic heterocycles. The van der Waals surface area contributed by atoms with Gasteiger partial charge in [-0.1, -0.05) is 17.3 Å². The minimum absolute atomic E-state index is 0.164. The summed E-state index contributed by atoms with van der Waals surface area (Å²) >= 11 is 1.12. The Hall–Kier alpha value is -1.38. The second-order valence-electron chi connectivity index (χ2n) is 2.36. The quantitative estimate of drug-likeness (QED) is 0.342. The highest BCUT2D eigenvalue weighted by Gasteiger charge is 2.08. The van der Waals surface area contributed by atoms with E-state index in [4.69, 9.17) is 6.42 Å². The zero-order chi connectivity index (χ0) is 9.68. The lowest BCUT2D eigenvalue weighted by molar-refractivity contribution is -0.380. The highest BCUT2D eigenvalue weighted by atomic mass is 32.1. The number of nitrogens with one attached hydrogen (secondary N) is 1. The van der Waals surface area contributed by atoms with Crippen LogP contribution in [0.3, 0.4) is 0 Å². The average molecular weight is 196 g/mol. The number of hydrogen-bond acceptors (Lipinski definition) is 4. The predicted octanol–water partition coefficient (Wildman–Crippen LogP) is 1.38. The number of nitrogens with zero attached hydrogens (tertiary/aromatic N) is 1. The highest BCUT2D eigenvalue weighted by molar-refractivity contribution is 7.13. The first-order valence-corrected chi connectivity index (χ1v) is 4.48. The van der Waals surface area contributed by atoms with Gasteiger partial charge in [-0.15, -0.1) is 6.42 Å². The van der Waals surface area contributed by atoms with Gasteiger partial charge in [0.05, 0.1) is 11.5 Å². The van der Waals surface area contributed by atoms with E-state index in [1.165, 1.54) is 0 Å². The Balaban J connectivity index is 2.50. The van der Waals surface area contributed by atoms with Crippen LogP contribution < -0.4 is 5.32 Å². The SMILES string of the molecule is C#CCNCc1csc([N+](=O)[O-])c1. The fraction of sp³-hybridized carbons (Fsp3) is 0.250.